The average Bonchev–Trinajstić information content (AvgIpc) is 3.45. The Bertz CT molecular complexity index is 1260. The first-order valence-corrected chi connectivity index (χ1v) is 11.4. The summed E-state index contributed by atoms with van der Waals surface area (Å²) >= 11 is 8.01. The molecule has 9 heteroatoms. The number of nitrogens with zero attached hydrogens (tertiary/aromatic N) is 2. The van der Waals surface area contributed by atoms with Crippen LogP contribution in [0.5, 0.6) is 11.6 Å². The molecule has 2 aromatic carbocycles. The van der Waals surface area contributed by atoms with Crippen LogP contribution in [0.2, 0.25) is 5.02 Å². The van der Waals surface area contributed by atoms with Crippen molar-refractivity contribution >= 4 is 28.9 Å². The van der Waals surface area contributed by atoms with Gasteiger partial charge in [0.05, 0.1) is 23.7 Å². The summed E-state index contributed by atoms with van der Waals surface area (Å²) in [5.41, 5.74) is 1.65. The van der Waals surface area contributed by atoms with Gasteiger partial charge in [-0.05, 0) is 54.3 Å². The summed E-state index contributed by atoms with van der Waals surface area (Å²) in [6, 6.07) is 15.4. The summed E-state index contributed by atoms with van der Waals surface area (Å²) < 4.78 is 27.7. The van der Waals surface area contributed by atoms with Gasteiger partial charge < -0.3 is 14.6 Å². The normalized spacial score (nSPS) is 10.9. The zero-order valence-electron chi connectivity index (χ0n) is 17.6. The van der Waals surface area contributed by atoms with Gasteiger partial charge >= 0.3 is 5.97 Å². The molecule has 0 bridgehead atoms. The molecule has 0 spiro atoms. The van der Waals surface area contributed by atoms with E-state index in [0.29, 0.717) is 16.3 Å². The van der Waals surface area contributed by atoms with Crippen LogP contribution in [-0.2, 0) is 6.54 Å². The fourth-order valence-corrected chi connectivity index (χ4v) is 4.22. The van der Waals surface area contributed by atoms with E-state index in [9.17, 15) is 4.79 Å². The van der Waals surface area contributed by atoms with Gasteiger partial charge in [-0.2, -0.15) is 9.49 Å². The van der Waals surface area contributed by atoms with Crippen LogP contribution >= 0.6 is 22.9 Å². The Labute approximate surface area is 198 Å². The molecule has 0 aliphatic heterocycles. The number of carboxylic acids is 1. The minimum absolute atomic E-state index is 0.00227. The fraction of sp³-hybridized carbons (Fsp3) is 0.167. The minimum atomic E-state index is -1.05. The van der Waals surface area contributed by atoms with E-state index in [0.717, 1.165) is 10.4 Å². The molecule has 0 amide bonds. The van der Waals surface area contributed by atoms with Crippen molar-refractivity contribution < 1.29 is 23.8 Å². The SMILES string of the molecule is CCOc1c(F)c(-c2ccc(C(=O)O)cc2)nn1CCOc1ccc(-c2cccs2)cc1Cl. The van der Waals surface area contributed by atoms with E-state index >= 15 is 4.39 Å². The van der Waals surface area contributed by atoms with Crippen LogP contribution in [0, 0.1) is 5.82 Å². The summed E-state index contributed by atoms with van der Waals surface area (Å²) in [7, 11) is 0. The third-order valence-electron chi connectivity index (χ3n) is 4.84. The molecule has 0 fully saturated rings. The largest absolute Gasteiger partial charge is 0.490 e. The molecule has 0 aliphatic rings. The van der Waals surface area contributed by atoms with Gasteiger partial charge in [0.1, 0.15) is 18.1 Å². The molecular weight excluding hydrogens is 467 g/mol. The quantitative estimate of drug-likeness (QED) is 0.303. The molecule has 0 atom stereocenters. The first-order chi connectivity index (χ1) is 16.0. The molecular formula is C24H20ClFN2O4S. The Hall–Kier alpha value is -3.36. The minimum Gasteiger partial charge on any atom is -0.490 e. The predicted molar refractivity (Wildman–Crippen MR) is 126 cm³/mol. The number of hydrogen-bond donors (Lipinski definition) is 1. The lowest BCUT2D eigenvalue weighted by Crippen LogP contribution is -2.12. The number of ether oxygens (including phenoxy) is 2. The Morgan fingerprint density at radius 3 is 2.55 bits per heavy atom. The lowest BCUT2D eigenvalue weighted by Gasteiger charge is -2.11. The lowest BCUT2D eigenvalue weighted by molar-refractivity contribution is 0.0697. The topological polar surface area (TPSA) is 73.6 Å². The van der Waals surface area contributed by atoms with Crippen LogP contribution in [0.15, 0.2) is 60.0 Å². The van der Waals surface area contributed by atoms with Crippen LogP contribution < -0.4 is 9.47 Å². The van der Waals surface area contributed by atoms with Crippen molar-refractivity contribution in [2.24, 2.45) is 0 Å². The molecule has 2 aromatic heterocycles. The highest BCUT2D eigenvalue weighted by Gasteiger charge is 2.21. The molecule has 0 unspecified atom stereocenters. The highest BCUT2D eigenvalue weighted by molar-refractivity contribution is 7.13. The van der Waals surface area contributed by atoms with Crippen LogP contribution in [-0.4, -0.2) is 34.1 Å². The maximum absolute atomic E-state index is 15.0. The molecule has 0 aliphatic carbocycles. The summed E-state index contributed by atoms with van der Waals surface area (Å²) in [4.78, 5) is 12.2. The number of thiophene rings is 1. The second-order valence-corrected chi connectivity index (χ2v) is 8.33. The van der Waals surface area contributed by atoms with E-state index in [4.69, 9.17) is 26.2 Å². The summed E-state index contributed by atoms with van der Waals surface area (Å²) in [6.45, 7) is 2.43. The molecule has 0 saturated carbocycles. The Morgan fingerprint density at radius 1 is 1.15 bits per heavy atom. The number of aromatic nitrogens is 2. The van der Waals surface area contributed by atoms with Crippen molar-refractivity contribution in [1.29, 1.82) is 0 Å². The monoisotopic (exact) mass is 486 g/mol. The zero-order valence-corrected chi connectivity index (χ0v) is 19.2. The third kappa shape index (κ3) is 5.02. The first kappa shape index (κ1) is 22.8. The molecule has 0 saturated heterocycles. The maximum atomic E-state index is 15.0. The van der Waals surface area contributed by atoms with E-state index in [1.54, 1.807) is 24.3 Å². The maximum Gasteiger partial charge on any atom is 0.335 e. The third-order valence-corrected chi connectivity index (χ3v) is 6.05. The van der Waals surface area contributed by atoms with E-state index in [1.165, 1.54) is 28.9 Å². The number of carbonyl (C=O) groups is 1. The first-order valence-electron chi connectivity index (χ1n) is 10.2. The van der Waals surface area contributed by atoms with Crippen molar-refractivity contribution in [1.82, 2.24) is 9.78 Å². The summed E-state index contributed by atoms with van der Waals surface area (Å²) in [5, 5.41) is 15.9. The van der Waals surface area contributed by atoms with E-state index in [-0.39, 0.29) is 36.9 Å². The second kappa shape index (κ2) is 10.1. The number of benzene rings is 2. The number of aromatic carboxylic acids is 1. The van der Waals surface area contributed by atoms with Crippen molar-refractivity contribution in [2.45, 2.75) is 13.5 Å². The average molecular weight is 487 g/mol. The van der Waals surface area contributed by atoms with Gasteiger partial charge in [0.2, 0.25) is 11.7 Å². The number of halogens is 2. The van der Waals surface area contributed by atoms with Crippen LogP contribution in [0.3, 0.4) is 0 Å². The Morgan fingerprint density at radius 2 is 1.91 bits per heavy atom. The summed E-state index contributed by atoms with van der Waals surface area (Å²) in [5.74, 6) is -1.15. The zero-order chi connectivity index (χ0) is 23.4. The van der Waals surface area contributed by atoms with Gasteiger partial charge in [0.25, 0.3) is 0 Å². The molecule has 4 rings (SSSR count). The molecule has 4 aromatic rings. The molecule has 2 heterocycles. The smallest absolute Gasteiger partial charge is 0.335 e. The fourth-order valence-electron chi connectivity index (χ4n) is 3.26. The highest BCUT2D eigenvalue weighted by Crippen LogP contribution is 2.33. The van der Waals surface area contributed by atoms with Crippen LogP contribution in [0.25, 0.3) is 21.7 Å². The molecule has 1 N–H and O–H groups in total. The van der Waals surface area contributed by atoms with Crippen molar-refractivity contribution in [3.05, 3.63) is 76.4 Å². The van der Waals surface area contributed by atoms with E-state index < -0.39 is 11.8 Å². The van der Waals surface area contributed by atoms with Crippen LogP contribution in [0.4, 0.5) is 4.39 Å². The van der Waals surface area contributed by atoms with E-state index in [1.807, 2.05) is 29.6 Å². The summed E-state index contributed by atoms with van der Waals surface area (Å²) in [6.07, 6.45) is 0. The van der Waals surface area contributed by atoms with Crippen molar-refractivity contribution in [3.63, 3.8) is 0 Å². The highest BCUT2D eigenvalue weighted by atomic mass is 35.5. The molecule has 0 radical (unpaired) electrons. The standard InChI is InChI=1S/C24H20ClFN2O4S/c1-2-31-23-21(26)22(15-5-7-16(8-6-15)24(29)30)27-28(23)11-12-32-19-10-9-17(14-18(19)25)20-4-3-13-33-20/h3-10,13-14H,2,11-12H2,1H3,(H,29,30). The number of hydrogen-bond acceptors (Lipinski definition) is 5. The number of rotatable bonds is 9. The lowest BCUT2D eigenvalue weighted by atomic mass is 10.1. The van der Waals surface area contributed by atoms with Gasteiger partial charge in [-0.1, -0.05) is 29.8 Å². The van der Waals surface area contributed by atoms with Gasteiger partial charge in [-0.25, -0.2) is 9.48 Å². The van der Waals surface area contributed by atoms with Crippen molar-refractivity contribution in [2.75, 3.05) is 13.2 Å². The van der Waals surface area contributed by atoms with Crippen LogP contribution in [0.1, 0.15) is 17.3 Å². The molecule has 6 nitrogen and oxygen atoms in total. The predicted octanol–water partition coefficient (Wildman–Crippen LogP) is 6.25. The van der Waals surface area contributed by atoms with Gasteiger partial charge in [0, 0.05) is 10.4 Å². The van der Waals surface area contributed by atoms with Gasteiger partial charge in [-0.3, -0.25) is 0 Å². The Kier molecular flexibility index (Phi) is 6.96. The number of carboxylic acid groups (broad SMARTS) is 1. The van der Waals surface area contributed by atoms with Crippen molar-refractivity contribution in [3.8, 4) is 33.3 Å². The van der Waals surface area contributed by atoms with E-state index in [2.05, 4.69) is 5.10 Å². The second-order valence-electron chi connectivity index (χ2n) is 6.98. The molecule has 170 valence electrons. The van der Waals surface area contributed by atoms with Gasteiger partial charge in [-0.15, -0.1) is 11.3 Å². The van der Waals surface area contributed by atoms with Gasteiger partial charge in [0.15, 0.2) is 0 Å². The molecule has 33 heavy (non-hydrogen) atoms. The Balaban J connectivity index is 1.50.